The van der Waals surface area contributed by atoms with Crippen molar-refractivity contribution in [1.29, 1.82) is 0 Å². The van der Waals surface area contributed by atoms with E-state index in [1.165, 1.54) is 12.8 Å². The molecule has 58 valence electrons. The van der Waals surface area contributed by atoms with E-state index in [0.717, 1.165) is 0 Å². The Kier molecular flexibility index (Phi) is 343. The fraction of sp³-hybridized carbons (Fsp3) is 1.00. The predicted octanol–water partition coefficient (Wildman–Crippen LogP) is 4.35. The molecule has 0 unspecified atom stereocenters. The number of rotatable bonds is 1. The first kappa shape index (κ1) is 43.6. The van der Waals surface area contributed by atoms with Crippen LogP contribution in [0.3, 0.4) is 0 Å². The molecule has 0 aliphatic rings. The highest BCUT2D eigenvalue weighted by Gasteiger charge is 1.56. The Morgan fingerprint density at radius 1 is 0.625 bits per heavy atom. The van der Waals surface area contributed by atoms with Crippen molar-refractivity contribution in [3.63, 3.8) is 0 Å². The molecule has 0 nitrogen and oxygen atoms in total. The first-order valence-electron chi connectivity index (χ1n) is 1.91. The summed E-state index contributed by atoms with van der Waals surface area (Å²) >= 11 is 0. The molecule has 0 bridgehead atoms. The number of hydrogen-bond donors (Lipinski definition) is 0. The van der Waals surface area contributed by atoms with Gasteiger partial charge in [-0.1, -0.05) is 56.4 Å². The summed E-state index contributed by atoms with van der Waals surface area (Å²) in [5, 5.41) is 0. The van der Waals surface area contributed by atoms with Gasteiger partial charge in [-0.05, 0) is 0 Å². The van der Waals surface area contributed by atoms with E-state index in [4.69, 9.17) is 0 Å². The molecule has 0 heterocycles. The Labute approximate surface area is 57.3 Å². The van der Waals surface area contributed by atoms with Gasteiger partial charge in [0.15, 0.2) is 0 Å². The summed E-state index contributed by atoms with van der Waals surface area (Å²) in [6.45, 7) is 4.36. The van der Waals surface area contributed by atoms with Crippen LogP contribution in [0.25, 0.3) is 0 Å². The fourth-order valence-electron chi connectivity index (χ4n) is 0. The molecule has 0 aromatic heterocycles. The molecule has 0 N–H and O–H groups in total. The molecule has 0 fully saturated rings. The van der Waals surface area contributed by atoms with Gasteiger partial charge in [0.2, 0.25) is 0 Å². The van der Waals surface area contributed by atoms with Crippen LogP contribution in [0.1, 0.15) is 56.4 Å². The van der Waals surface area contributed by atoms with Gasteiger partial charge < -0.3 is 0 Å². The van der Waals surface area contributed by atoms with Gasteiger partial charge >= 0.3 is 0 Å². The van der Waals surface area contributed by atoms with Crippen LogP contribution in [-0.2, 0) is 0 Å². The van der Waals surface area contributed by atoms with Crippen molar-refractivity contribution in [2.24, 2.45) is 0 Å². The maximum atomic E-state index is 2.18. The second-order valence-corrected chi connectivity index (χ2v) is 1.000. The Morgan fingerprint density at radius 3 is 0.750 bits per heavy atom. The topological polar surface area (TPSA) is 0 Å². The summed E-state index contributed by atoms with van der Waals surface area (Å²) in [5.74, 6) is 0. The van der Waals surface area contributed by atoms with Crippen LogP contribution >= 0.6 is 0 Å². The van der Waals surface area contributed by atoms with Gasteiger partial charge in [0.05, 0.1) is 0 Å². The van der Waals surface area contributed by atoms with Crippen molar-refractivity contribution >= 4 is 0 Å². The lowest BCUT2D eigenvalue weighted by Crippen LogP contribution is -1.47. The van der Waals surface area contributed by atoms with Crippen LogP contribution in [0, 0.1) is 0 Å². The van der Waals surface area contributed by atoms with Gasteiger partial charge in [0.1, 0.15) is 0 Å². The largest absolute Gasteiger partial charge is 0.0776 e. The van der Waals surface area contributed by atoms with E-state index < -0.39 is 0 Å². The van der Waals surface area contributed by atoms with Crippen molar-refractivity contribution < 1.29 is 0 Å². The van der Waals surface area contributed by atoms with Gasteiger partial charge in [-0.15, -0.1) is 0 Å². The third-order valence-corrected chi connectivity index (χ3v) is 0.500. The zero-order chi connectivity index (χ0) is 3.41. The van der Waals surface area contributed by atoms with E-state index in [1.807, 2.05) is 0 Å². The predicted molar refractivity (Wildman–Crippen MR) is 47.5 cm³/mol. The SMILES string of the molecule is C.C.C.C.CCCC. The maximum Gasteiger partial charge on any atom is -0.0564 e. The molecule has 8 heavy (non-hydrogen) atoms. The van der Waals surface area contributed by atoms with E-state index in [9.17, 15) is 0 Å². The smallest absolute Gasteiger partial charge is 0.0564 e. The van der Waals surface area contributed by atoms with E-state index >= 15 is 0 Å². The molecule has 0 aromatic rings. The Bertz CT molecular complexity index is 2.00. The quantitative estimate of drug-likeness (QED) is 0.485. The van der Waals surface area contributed by atoms with Gasteiger partial charge in [-0.25, -0.2) is 0 Å². The van der Waals surface area contributed by atoms with E-state index in [2.05, 4.69) is 13.8 Å². The zero-order valence-corrected chi connectivity index (χ0v) is 3.41. The molecule has 0 saturated heterocycles. The average Bonchev–Trinajstić information content (AvgIpc) is 1.37. The molecular formula is C8H26. The van der Waals surface area contributed by atoms with Crippen molar-refractivity contribution in [2.75, 3.05) is 0 Å². The van der Waals surface area contributed by atoms with Gasteiger partial charge in [0, 0.05) is 0 Å². The van der Waals surface area contributed by atoms with Crippen LogP contribution < -0.4 is 0 Å². The van der Waals surface area contributed by atoms with E-state index in [1.54, 1.807) is 0 Å². The van der Waals surface area contributed by atoms with Crippen LogP contribution in [0.4, 0.5) is 0 Å². The fourth-order valence-corrected chi connectivity index (χ4v) is 0. The first-order chi connectivity index (χ1) is 1.91. The molecule has 0 aromatic carbocycles. The molecule has 0 rings (SSSR count). The standard InChI is InChI=1S/C4H10.4CH4/c1-3-4-2;;;;/h3-4H2,1-2H3;4*1H4. The molecule has 0 saturated carbocycles. The summed E-state index contributed by atoms with van der Waals surface area (Å²) in [6, 6.07) is 0. The average molecular weight is 122 g/mol. The van der Waals surface area contributed by atoms with Gasteiger partial charge in [-0.2, -0.15) is 0 Å². The summed E-state index contributed by atoms with van der Waals surface area (Å²) < 4.78 is 0. The highest BCUT2D eigenvalue weighted by atomic mass is 13.6. The third-order valence-electron chi connectivity index (χ3n) is 0.500. The molecular weight excluding hydrogens is 96.1 g/mol. The minimum absolute atomic E-state index is 0. The lowest BCUT2D eigenvalue weighted by Gasteiger charge is -1.68. The van der Waals surface area contributed by atoms with Crippen LogP contribution in [0.15, 0.2) is 0 Å². The Morgan fingerprint density at radius 2 is 0.750 bits per heavy atom. The zero-order valence-electron chi connectivity index (χ0n) is 3.41. The monoisotopic (exact) mass is 122 g/mol. The number of unbranched alkanes of at least 4 members (excludes halogenated alkanes) is 1. The molecule has 0 heteroatoms. The highest BCUT2D eigenvalue weighted by molar-refractivity contribution is 4.12. The molecule has 0 aliphatic heterocycles. The first-order valence-corrected chi connectivity index (χ1v) is 1.91. The molecule has 0 amide bonds. The van der Waals surface area contributed by atoms with Crippen molar-refractivity contribution in [2.45, 2.75) is 56.4 Å². The Hall–Kier alpha value is 0. The highest BCUT2D eigenvalue weighted by Crippen LogP contribution is 1.76. The molecule has 0 atom stereocenters. The molecule has 0 spiro atoms. The Balaban J connectivity index is -0.00000000750. The van der Waals surface area contributed by atoms with Crippen molar-refractivity contribution in [3.8, 4) is 0 Å². The van der Waals surface area contributed by atoms with Crippen molar-refractivity contribution in [1.82, 2.24) is 0 Å². The summed E-state index contributed by atoms with van der Waals surface area (Å²) in [4.78, 5) is 0. The minimum Gasteiger partial charge on any atom is -0.0776 e. The van der Waals surface area contributed by atoms with E-state index in [-0.39, 0.29) is 29.7 Å². The summed E-state index contributed by atoms with van der Waals surface area (Å²) in [5.41, 5.74) is 0. The lowest BCUT2D eigenvalue weighted by molar-refractivity contribution is 0.886. The van der Waals surface area contributed by atoms with Crippen LogP contribution in [0.5, 0.6) is 0 Å². The second kappa shape index (κ2) is 63.0. The summed E-state index contributed by atoms with van der Waals surface area (Å²) in [6.07, 6.45) is 2.64. The molecule has 0 radical (unpaired) electrons. The van der Waals surface area contributed by atoms with Crippen LogP contribution in [-0.4, -0.2) is 0 Å². The minimum atomic E-state index is 0. The summed E-state index contributed by atoms with van der Waals surface area (Å²) in [7, 11) is 0. The number of hydrogen-bond acceptors (Lipinski definition) is 0. The molecule has 0 aliphatic carbocycles. The van der Waals surface area contributed by atoms with E-state index in [0.29, 0.717) is 0 Å². The van der Waals surface area contributed by atoms with Crippen LogP contribution in [0.2, 0.25) is 0 Å². The maximum absolute atomic E-state index is 2.18. The third kappa shape index (κ3) is 150. The second-order valence-electron chi connectivity index (χ2n) is 1.000. The lowest BCUT2D eigenvalue weighted by atomic mass is 10.4. The van der Waals surface area contributed by atoms with Gasteiger partial charge in [0.25, 0.3) is 0 Å². The van der Waals surface area contributed by atoms with Gasteiger partial charge in [-0.3, -0.25) is 0 Å². The normalized spacial score (nSPS) is 3.75. The van der Waals surface area contributed by atoms with Crippen molar-refractivity contribution in [3.05, 3.63) is 0 Å².